The van der Waals surface area contributed by atoms with Gasteiger partial charge in [0.2, 0.25) is 5.88 Å². The van der Waals surface area contributed by atoms with Gasteiger partial charge in [-0.1, -0.05) is 0 Å². The third-order valence-electron chi connectivity index (χ3n) is 3.79. The van der Waals surface area contributed by atoms with Crippen LogP contribution in [0, 0.1) is 18.2 Å². The zero-order chi connectivity index (χ0) is 17.8. The molecule has 2 aromatic carbocycles. The van der Waals surface area contributed by atoms with E-state index < -0.39 is 0 Å². The average Bonchev–Trinajstić information content (AvgIpc) is 2.64. The molecule has 3 aromatic rings. The minimum absolute atomic E-state index is 0.292. The Kier molecular flexibility index (Phi) is 4.70. The number of aryl methyl sites for hydroxylation is 1. The van der Waals surface area contributed by atoms with Crippen molar-refractivity contribution in [2.45, 2.75) is 6.92 Å². The zero-order valence-electron chi connectivity index (χ0n) is 13.9. The summed E-state index contributed by atoms with van der Waals surface area (Å²) in [5, 5.41) is 10.9. The van der Waals surface area contributed by atoms with E-state index in [4.69, 9.17) is 10.1 Å². The number of methoxy groups -OCH3 is 1. The minimum atomic E-state index is -0.292. The van der Waals surface area contributed by atoms with Crippen LogP contribution < -0.4 is 10.1 Å². The quantitative estimate of drug-likeness (QED) is 0.680. The van der Waals surface area contributed by atoms with Crippen LogP contribution in [0.3, 0.4) is 0 Å². The maximum atomic E-state index is 13.1. The predicted molar refractivity (Wildman–Crippen MR) is 96.3 cm³/mol. The van der Waals surface area contributed by atoms with Crippen LogP contribution in [0.4, 0.5) is 15.8 Å². The van der Waals surface area contributed by atoms with Crippen molar-refractivity contribution < 1.29 is 9.13 Å². The molecule has 0 aliphatic carbocycles. The Balaban J connectivity index is 2.04. The number of benzene rings is 2. The van der Waals surface area contributed by atoms with Crippen molar-refractivity contribution >= 4 is 17.6 Å². The van der Waals surface area contributed by atoms with Gasteiger partial charge < -0.3 is 15.5 Å². The zero-order valence-corrected chi connectivity index (χ0v) is 13.9. The van der Waals surface area contributed by atoms with Gasteiger partial charge in [-0.25, -0.2) is 14.4 Å². The number of nitrogens with one attached hydrogen (secondary N) is 2. The van der Waals surface area contributed by atoms with Gasteiger partial charge in [-0.05, 0) is 48.9 Å². The Labute approximate surface area is 145 Å². The highest BCUT2D eigenvalue weighted by Crippen LogP contribution is 2.32. The predicted octanol–water partition coefficient (Wildman–Crippen LogP) is 4.34. The van der Waals surface area contributed by atoms with E-state index in [2.05, 4.69) is 15.3 Å². The Morgan fingerprint density at radius 2 is 1.84 bits per heavy atom. The highest BCUT2D eigenvalue weighted by molar-refractivity contribution is 5.91. The Bertz CT molecular complexity index is 910. The number of ether oxygens (including phenoxy) is 1. The second kappa shape index (κ2) is 7.09. The fourth-order valence-electron chi connectivity index (χ4n) is 2.56. The number of rotatable bonds is 5. The molecule has 0 spiro atoms. The molecule has 5 nitrogen and oxygen atoms in total. The van der Waals surface area contributed by atoms with Crippen LogP contribution >= 0.6 is 0 Å². The molecule has 3 rings (SSSR count). The van der Waals surface area contributed by atoms with Gasteiger partial charge in [-0.2, -0.15) is 0 Å². The van der Waals surface area contributed by atoms with E-state index in [0.29, 0.717) is 17.1 Å². The third-order valence-corrected chi connectivity index (χ3v) is 3.79. The lowest BCUT2D eigenvalue weighted by Crippen LogP contribution is -2.00. The van der Waals surface area contributed by atoms with Crippen molar-refractivity contribution in [3.05, 3.63) is 65.7 Å². The number of halogens is 1. The van der Waals surface area contributed by atoms with Crippen LogP contribution in [0.25, 0.3) is 11.3 Å². The Morgan fingerprint density at radius 1 is 1.12 bits per heavy atom. The van der Waals surface area contributed by atoms with E-state index in [1.165, 1.54) is 18.3 Å². The van der Waals surface area contributed by atoms with Crippen LogP contribution in [0.2, 0.25) is 0 Å². The summed E-state index contributed by atoms with van der Waals surface area (Å²) in [6.07, 6.45) is 4.43. The molecule has 0 atom stereocenters. The molecule has 0 aliphatic heterocycles. The first-order chi connectivity index (χ1) is 12.1. The van der Waals surface area contributed by atoms with Crippen LogP contribution in [-0.4, -0.2) is 23.3 Å². The van der Waals surface area contributed by atoms with E-state index in [-0.39, 0.29) is 5.82 Å². The normalized spacial score (nSPS) is 10.4. The smallest absolute Gasteiger partial charge is 0.240 e. The van der Waals surface area contributed by atoms with Crippen molar-refractivity contribution in [2.24, 2.45) is 0 Å². The molecule has 6 heteroatoms. The first-order valence-electron chi connectivity index (χ1n) is 7.65. The topological polar surface area (TPSA) is 70.9 Å². The van der Waals surface area contributed by atoms with Gasteiger partial charge in [0.05, 0.1) is 7.11 Å². The highest BCUT2D eigenvalue weighted by atomic mass is 19.1. The Hall–Kier alpha value is -3.28. The van der Waals surface area contributed by atoms with E-state index in [9.17, 15) is 4.39 Å². The standard InChI is InChI=1S/C19H17FN4O/c1-12-9-17(24-15-5-3-14(20)4-6-15)13(11-21)10-16(12)18-19(25-2)23-8-7-22-18/h3-11,21,24H,1-2H3. The number of anilines is 2. The summed E-state index contributed by atoms with van der Waals surface area (Å²) >= 11 is 0. The molecule has 0 radical (unpaired) electrons. The number of hydrogen-bond donors (Lipinski definition) is 2. The maximum Gasteiger partial charge on any atom is 0.240 e. The monoisotopic (exact) mass is 336 g/mol. The minimum Gasteiger partial charge on any atom is -0.479 e. The van der Waals surface area contributed by atoms with Crippen LogP contribution in [-0.2, 0) is 0 Å². The highest BCUT2D eigenvalue weighted by Gasteiger charge is 2.14. The fraction of sp³-hybridized carbons (Fsp3) is 0.105. The summed E-state index contributed by atoms with van der Waals surface area (Å²) in [6.45, 7) is 1.95. The molecule has 126 valence electrons. The molecule has 0 bridgehead atoms. The summed E-state index contributed by atoms with van der Waals surface area (Å²) in [5.41, 5.74) is 4.60. The molecule has 2 N–H and O–H groups in total. The largest absolute Gasteiger partial charge is 0.479 e. The fourth-order valence-corrected chi connectivity index (χ4v) is 2.56. The maximum absolute atomic E-state index is 13.1. The molecule has 25 heavy (non-hydrogen) atoms. The molecular formula is C19H17FN4O. The Morgan fingerprint density at radius 3 is 2.52 bits per heavy atom. The van der Waals surface area contributed by atoms with Gasteiger partial charge in [-0.3, -0.25) is 0 Å². The summed E-state index contributed by atoms with van der Waals surface area (Å²) in [7, 11) is 1.55. The van der Waals surface area contributed by atoms with E-state index in [0.717, 1.165) is 22.5 Å². The molecule has 0 saturated carbocycles. The molecule has 1 heterocycles. The van der Waals surface area contributed by atoms with E-state index in [1.807, 2.05) is 19.1 Å². The SMILES string of the molecule is COc1nccnc1-c1cc(C=N)c(Nc2ccc(F)cc2)cc1C. The summed E-state index contributed by atoms with van der Waals surface area (Å²) in [4.78, 5) is 8.53. The van der Waals surface area contributed by atoms with Crippen LogP contribution in [0.1, 0.15) is 11.1 Å². The molecular weight excluding hydrogens is 319 g/mol. The second-order valence-corrected chi connectivity index (χ2v) is 5.44. The third kappa shape index (κ3) is 3.47. The number of nitrogens with zero attached hydrogens (tertiary/aromatic N) is 2. The van der Waals surface area contributed by atoms with Gasteiger partial charge in [-0.15, -0.1) is 0 Å². The van der Waals surface area contributed by atoms with Crippen molar-refractivity contribution in [1.82, 2.24) is 9.97 Å². The first-order valence-corrected chi connectivity index (χ1v) is 7.65. The van der Waals surface area contributed by atoms with Crippen LogP contribution in [0.5, 0.6) is 5.88 Å². The lowest BCUT2D eigenvalue weighted by molar-refractivity contribution is 0.397. The van der Waals surface area contributed by atoms with Gasteiger partial charge in [0.1, 0.15) is 11.5 Å². The van der Waals surface area contributed by atoms with Crippen molar-refractivity contribution in [2.75, 3.05) is 12.4 Å². The lowest BCUT2D eigenvalue weighted by Gasteiger charge is -2.15. The number of hydrogen-bond acceptors (Lipinski definition) is 5. The molecule has 0 amide bonds. The first kappa shape index (κ1) is 16.6. The van der Waals surface area contributed by atoms with Crippen molar-refractivity contribution in [3.8, 4) is 17.1 Å². The second-order valence-electron chi connectivity index (χ2n) is 5.44. The van der Waals surface area contributed by atoms with Crippen molar-refractivity contribution in [3.63, 3.8) is 0 Å². The molecule has 0 aliphatic rings. The van der Waals surface area contributed by atoms with Gasteiger partial charge >= 0.3 is 0 Å². The van der Waals surface area contributed by atoms with Gasteiger partial charge in [0, 0.05) is 41.1 Å². The number of aromatic nitrogens is 2. The molecule has 0 fully saturated rings. The summed E-state index contributed by atoms with van der Waals surface area (Å²) < 4.78 is 18.3. The van der Waals surface area contributed by atoms with E-state index >= 15 is 0 Å². The molecule has 0 saturated heterocycles. The molecule has 0 unspecified atom stereocenters. The van der Waals surface area contributed by atoms with Crippen LogP contribution in [0.15, 0.2) is 48.8 Å². The van der Waals surface area contributed by atoms with Gasteiger partial charge in [0.25, 0.3) is 0 Å². The van der Waals surface area contributed by atoms with Crippen molar-refractivity contribution in [1.29, 1.82) is 5.41 Å². The summed E-state index contributed by atoms with van der Waals surface area (Å²) in [5.74, 6) is 0.139. The van der Waals surface area contributed by atoms with E-state index in [1.54, 1.807) is 31.6 Å². The molecule has 1 aromatic heterocycles. The average molecular weight is 336 g/mol. The van der Waals surface area contributed by atoms with Gasteiger partial charge in [0.15, 0.2) is 0 Å². The summed E-state index contributed by atoms with van der Waals surface area (Å²) in [6, 6.07) is 9.86. The lowest BCUT2D eigenvalue weighted by atomic mass is 10.0.